The molecule has 1 aliphatic heterocycles. The lowest BCUT2D eigenvalue weighted by Gasteiger charge is -2.20. The zero-order valence-electron chi connectivity index (χ0n) is 16.7. The van der Waals surface area contributed by atoms with Crippen LogP contribution >= 0.6 is 11.6 Å². The van der Waals surface area contributed by atoms with E-state index < -0.39 is 5.92 Å². The second-order valence-electron chi connectivity index (χ2n) is 6.73. The number of benzene rings is 2. The van der Waals surface area contributed by atoms with Crippen molar-refractivity contribution < 1.29 is 23.8 Å². The molecule has 1 fully saturated rings. The summed E-state index contributed by atoms with van der Waals surface area (Å²) in [6, 6.07) is 8.55. The van der Waals surface area contributed by atoms with E-state index in [1.807, 2.05) is 6.92 Å². The summed E-state index contributed by atoms with van der Waals surface area (Å²) in [6.07, 6.45) is 0.105. The molecule has 8 heteroatoms. The van der Waals surface area contributed by atoms with E-state index in [-0.39, 0.29) is 24.8 Å². The van der Waals surface area contributed by atoms with E-state index in [0.29, 0.717) is 33.6 Å². The molecule has 1 heterocycles. The number of carbonyl (C=O) groups excluding carboxylic acids is 2. The van der Waals surface area contributed by atoms with Crippen LogP contribution in [-0.4, -0.2) is 39.7 Å². The number of hydrogen-bond donors (Lipinski definition) is 1. The van der Waals surface area contributed by atoms with Crippen molar-refractivity contribution in [2.75, 3.05) is 38.1 Å². The third kappa shape index (κ3) is 4.24. The van der Waals surface area contributed by atoms with Crippen molar-refractivity contribution in [2.24, 2.45) is 5.92 Å². The third-order valence-electron chi connectivity index (χ3n) is 4.92. The summed E-state index contributed by atoms with van der Waals surface area (Å²) < 4.78 is 15.9. The number of carbonyl (C=O) groups is 2. The minimum Gasteiger partial charge on any atom is -0.495 e. The Bertz CT molecular complexity index is 947. The first-order valence-electron chi connectivity index (χ1n) is 9.05. The van der Waals surface area contributed by atoms with Gasteiger partial charge in [-0.1, -0.05) is 11.6 Å². The van der Waals surface area contributed by atoms with E-state index in [0.717, 1.165) is 5.56 Å². The number of aryl methyl sites for hydroxylation is 1. The van der Waals surface area contributed by atoms with Gasteiger partial charge in [0.2, 0.25) is 11.8 Å². The molecule has 0 saturated carbocycles. The molecule has 0 radical (unpaired) electrons. The van der Waals surface area contributed by atoms with Crippen LogP contribution in [0.25, 0.3) is 0 Å². The van der Waals surface area contributed by atoms with E-state index in [2.05, 4.69) is 5.32 Å². The lowest BCUT2D eigenvalue weighted by atomic mass is 10.1. The van der Waals surface area contributed by atoms with Crippen LogP contribution in [-0.2, 0) is 9.59 Å². The fourth-order valence-corrected chi connectivity index (χ4v) is 3.51. The molecule has 1 aliphatic rings. The Labute approximate surface area is 174 Å². The second kappa shape index (κ2) is 8.61. The first kappa shape index (κ1) is 20.8. The molecule has 0 unspecified atom stereocenters. The highest BCUT2D eigenvalue weighted by Gasteiger charge is 2.36. The maximum Gasteiger partial charge on any atom is 0.229 e. The van der Waals surface area contributed by atoms with Gasteiger partial charge in [-0.15, -0.1) is 0 Å². The van der Waals surface area contributed by atoms with Crippen LogP contribution in [0.2, 0.25) is 5.02 Å². The standard InChI is InChI=1S/C21H23ClN2O5/c1-12-7-18(28-3)19(29-4)10-15(12)23-21(26)13-8-20(25)24(11-13)16-9-14(22)5-6-17(16)27-2/h5-7,9-10,13H,8,11H2,1-4H3,(H,23,26)/t13-/m1/s1. The Morgan fingerprint density at radius 3 is 2.38 bits per heavy atom. The molecule has 0 bridgehead atoms. The predicted molar refractivity (Wildman–Crippen MR) is 111 cm³/mol. The van der Waals surface area contributed by atoms with Crippen molar-refractivity contribution in [2.45, 2.75) is 13.3 Å². The van der Waals surface area contributed by atoms with Gasteiger partial charge in [0.1, 0.15) is 5.75 Å². The summed E-state index contributed by atoms with van der Waals surface area (Å²) in [5, 5.41) is 3.39. The highest BCUT2D eigenvalue weighted by Crippen LogP contribution is 2.36. The van der Waals surface area contributed by atoms with Gasteiger partial charge in [-0.2, -0.15) is 0 Å². The minimum absolute atomic E-state index is 0.105. The van der Waals surface area contributed by atoms with Crippen LogP contribution in [0.3, 0.4) is 0 Å². The molecule has 2 aromatic carbocycles. The normalized spacial score (nSPS) is 16.0. The molecule has 1 atom stereocenters. The first-order valence-corrected chi connectivity index (χ1v) is 9.43. The van der Waals surface area contributed by atoms with Gasteiger partial charge in [-0.25, -0.2) is 0 Å². The number of methoxy groups -OCH3 is 3. The van der Waals surface area contributed by atoms with Gasteiger partial charge in [0.25, 0.3) is 0 Å². The van der Waals surface area contributed by atoms with Gasteiger partial charge in [0.15, 0.2) is 11.5 Å². The summed E-state index contributed by atoms with van der Waals surface area (Å²) in [5.74, 6) is 0.726. The average molecular weight is 419 g/mol. The topological polar surface area (TPSA) is 77.1 Å². The smallest absolute Gasteiger partial charge is 0.229 e. The van der Waals surface area contributed by atoms with Crippen LogP contribution < -0.4 is 24.4 Å². The van der Waals surface area contributed by atoms with Crippen LogP contribution in [0.1, 0.15) is 12.0 Å². The van der Waals surface area contributed by atoms with Gasteiger partial charge >= 0.3 is 0 Å². The second-order valence-corrected chi connectivity index (χ2v) is 7.17. The van der Waals surface area contributed by atoms with Gasteiger partial charge in [0, 0.05) is 29.7 Å². The molecule has 3 rings (SSSR count). The fourth-order valence-electron chi connectivity index (χ4n) is 3.34. The Morgan fingerprint density at radius 2 is 1.72 bits per heavy atom. The lowest BCUT2D eigenvalue weighted by molar-refractivity contribution is -0.122. The summed E-state index contributed by atoms with van der Waals surface area (Å²) in [5.41, 5.74) is 2.00. The van der Waals surface area contributed by atoms with Gasteiger partial charge in [-0.3, -0.25) is 9.59 Å². The van der Waals surface area contributed by atoms with E-state index in [1.165, 1.54) is 19.1 Å². The molecule has 0 spiro atoms. The summed E-state index contributed by atoms with van der Waals surface area (Å²) >= 11 is 6.08. The zero-order valence-corrected chi connectivity index (χ0v) is 17.5. The number of amides is 2. The zero-order chi connectivity index (χ0) is 21.1. The summed E-state index contributed by atoms with van der Waals surface area (Å²) in [7, 11) is 4.61. The molecule has 29 heavy (non-hydrogen) atoms. The molecule has 0 aliphatic carbocycles. The number of hydrogen-bond acceptors (Lipinski definition) is 5. The number of halogens is 1. The van der Waals surface area contributed by atoms with Crippen molar-refractivity contribution in [3.63, 3.8) is 0 Å². The Kier molecular flexibility index (Phi) is 6.17. The average Bonchev–Trinajstić information content (AvgIpc) is 3.10. The lowest BCUT2D eigenvalue weighted by Crippen LogP contribution is -2.28. The third-order valence-corrected chi connectivity index (χ3v) is 5.15. The van der Waals surface area contributed by atoms with E-state index in [4.69, 9.17) is 25.8 Å². The Balaban J connectivity index is 1.79. The van der Waals surface area contributed by atoms with Crippen LogP contribution in [0.4, 0.5) is 11.4 Å². The van der Waals surface area contributed by atoms with Gasteiger partial charge < -0.3 is 24.4 Å². The number of anilines is 2. The fraction of sp³-hybridized carbons (Fsp3) is 0.333. The maximum atomic E-state index is 12.8. The molecule has 2 amide bonds. The van der Waals surface area contributed by atoms with Crippen LogP contribution in [0.5, 0.6) is 17.2 Å². The molecule has 7 nitrogen and oxygen atoms in total. The number of nitrogens with one attached hydrogen (secondary N) is 1. The highest BCUT2D eigenvalue weighted by atomic mass is 35.5. The molecule has 2 aromatic rings. The van der Waals surface area contributed by atoms with Crippen molar-refractivity contribution in [3.05, 3.63) is 40.9 Å². The molecule has 0 aromatic heterocycles. The first-order chi connectivity index (χ1) is 13.9. The highest BCUT2D eigenvalue weighted by molar-refractivity contribution is 6.31. The molecular weight excluding hydrogens is 396 g/mol. The number of nitrogens with zero attached hydrogens (tertiary/aromatic N) is 1. The molecule has 154 valence electrons. The molecule has 1 N–H and O–H groups in total. The maximum absolute atomic E-state index is 12.8. The van der Waals surface area contributed by atoms with Crippen LogP contribution in [0, 0.1) is 12.8 Å². The Hall–Kier alpha value is -2.93. The van der Waals surface area contributed by atoms with Crippen molar-refractivity contribution in [1.82, 2.24) is 0 Å². The molecular formula is C21H23ClN2O5. The quantitative estimate of drug-likeness (QED) is 0.774. The van der Waals surface area contributed by atoms with Gasteiger partial charge in [-0.05, 0) is 36.8 Å². The van der Waals surface area contributed by atoms with Gasteiger partial charge in [0.05, 0.1) is 32.9 Å². The number of ether oxygens (including phenoxy) is 3. The van der Waals surface area contributed by atoms with Crippen LogP contribution in [0.15, 0.2) is 30.3 Å². The SMILES string of the molecule is COc1cc(C)c(NC(=O)[C@@H]2CC(=O)N(c3cc(Cl)ccc3OC)C2)cc1OC. The van der Waals surface area contributed by atoms with E-state index >= 15 is 0 Å². The van der Waals surface area contributed by atoms with E-state index in [9.17, 15) is 9.59 Å². The molecule has 1 saturated heterocycles. The monoisotopic (exact) mass is 418 g/mol. The summed E-state index contributed by atoms with van der Waals surface area (Å²) in [4.78, 5) is 27.0. The van der Waals surface area contributed by atoms with Crippen molar-refractivity contribution in [1.29, 1.82) is 0 Å². The minimum atomic E-state index is -0.501. The Morgan fingerprint density at radius 1 is 1.07 bits per heavy atom. The van der Waals surface area contributed by atoms with Crippen molar-refractivity contribution in [3.8, 4) is 17.2 Å². The van der Waals surface area contributed by atoms with Crippen molar-refractivity contribution >= 4 is 34.8 Å². The number of rotatable bonds is 6. The predicted octanol–water partition coefficient (Wildman–Crippen LogP) is 3.67. The largest absolute Gasteiger partial charge is 0.495 e. The summed E-state index contributed by atoms with van der Waals surface area (Å²) in [6.45, 7) is 2.11. The van der Waals surface area contributed by atoms with E-state index in [1.54, 1.807) is 37.4 Å².